The van der Waals surface area contributed by atoms with Gasteiger partial charge in [-0.25, -0.2) is 4.68 Å². The molecule has 1 N–H and O–H groups in total. The van der Waals surface area contributed by atoms with E-state index in [2.05, 4.69) is 32.7 Å². The van der Waals surface area contributed by atoms with Crippen molar-refractivity contribution in [3.8, 4) is 0 Å². The number of nitrogens with zero attached hydrogens (tertiary/aromatic N) is 5. The first-order valence-corrected chi connectivity index (χ1v) is 9.02. The summed E-state index contributed by atoms with van der Waals surface area (Å²) in [6.07, 6.45) is 0.850. The number of amides is 1. The van der Waals surface area contributed by atoms with Crippen LogP contribution in [0.5, 0.6) is 0 Å². The first kappa shape index (κ1) is 17.0. The van der Waals surface area contributed by atoms with E-state index in [1.54, 1.807) is 16.0 Å². The average molecular weight is 350 g/mol. The Morgan fingerprint density at radius 1 is 1.46 bits per heavy atom. The SMILES string of the molecule is CC[C@@H](NC(=O)Cn1nnnc1CN1CCOCC1)c1cccs1. The molecule has 1 amide bonds. The van der Waals surface area contributed by atoms with Gasteiger partial charge in [-0.15, -0.1) is 16.4 Å². The second-order valence-electron chi connectivity index (χ2n) is 5.69. The molecule has 0 saturated carbocycles. The van der Waals surface area contributed by atoms with E-state index in [0.29, 0.717) is 12.4 Å². The van der Waals surface area contributed by atoms with Gasteiger partial charge in [-0.3, -0.25) is 9.69 Å². The van der Waals surface area contributed by atoms with Crippen LogP contribution in [0.3, 0.4) is 0 Å². The van der Waals surface area contributed by atoms with Crippen LogP contribution in [0.4, 0.5) is 0 Å². The van der Waals surface area contributed by atoms with Gasteiger partial charge in [0.05, 0.1) is 25.8 Å². The molecule has 0 aliphatic carbocycles. The van der Waals surface area contributed by atoms with Crippen molar-refractivity contribution in [2.75, 3.05) is 26.3 Å². The first-order valence-electron chi connectivity index (χ1n) is 8.14. The molecule has 0 radical (unpaired) electrons. The van der Waals surface area contributed by atoms with Crippen molar-refractivity contribution in [3.05, 3.63) is 28.2 Å². The molecule has 3 heterocycles. The van der Waals surface area contributed by atoms with Crippen molar-refractivity contribution < 1.29 is 9.53 Å². The predicted octanol–water partition coefficient (Wildman–Crippen LogP) is 0.834. The topological polar surface area (TPSA) is 85.2 Å². The summed E-state index contributed by atoms with van der Waals surface area (Å²) in [4.78, 5) is 15.8. The summed E-state index contributed by atoms with van der Waals surface area (Å²) in [5, 5.41) is 16.8. The highest BCUT2D eigenvalue weighted by atomic mass is 32.1. The standard InChI is InChI=1S/C15H22N6O2S/c1-2-12(13-4-3-9-24-13)16-15(22)11-21-14(17-18-19-21)10-20-5-7-23-8-6-20/h3-4,9,12H,2,5-8,10-11H2,1H3,(H,16,22)/t12-/m1/s1. The fraction of sp³-hybridized carbons (Fsp3) is 0.600. The molecule has 0 unspecified atom stereocenters. The van der Waals surface area contributed by atoms with Gasteiger partial charge in [-0.05, 0) is 28.3 Å². The molecule has 9 heteroatoms. The molecule has 2 aromatic heterocycles. The van der Waals surface area contributed by atoms with Crippen LogP contribution in [0.1, 0.15) is 30.1 Å². The highest BCUT2D eigenvalue weighted by Gasteiger charge is 2.18. The van der Waals surface area contributed by atoms with E-state index in [0.717, 1.165) is 37.6 Å². The van der Waals surface area contributed by atoms with Crippen molar-refractivity contribution in [1.82, 2.24) is 30.4 Å². The Hall–Kier alpha value is -1.84. The second kappa shape index (κ2) is 8.32. The van der Waals surface area contributed by atoms with E-state index in [1.165, 1.54) is 0 Å². The molecule has 1 aliphatic rings. The van der Waals surface area contributed by atoms with Crippen molar-refractivity contribution >= 4 is 17.2 Å². The molecule has 1 atom stereocenters. The zero-order valence-electron chi connectivity index (χ0n) is 13.7. The van der Waals surface area contributed by atoms with Crippen molar-refractivity contribution in [1.29, 1.82) is 0 Å². The third kappa shape index (κ3) is 4.37. The molecule has 2 aromatic rings. The lowest BCUT2D eigenvalue weighted by molar-refractivity contribution is -0.122. The van der Waals surface area contributed by atoms with Gasteiger partial charge < -0.3 is 10.1 Å². The van der Waals surface area contributed by atoms with Gasteiger partial charge in [0, 0.05) is 18.0 Å². The number of aromatic nitrogens is 4. The third-order valence-corrected chi connectivity index (χ3v) is 4.98. The second-order valence-corrected chi connectivity index (χ2v) is 6.66. The minimum atomic E-state index is -0.0780. The Kier molecular flexibility index (Phi) is 5.89. The number of hydrogen-bond acceptors (Lipinski definition) is 7. The minimum Gasteiger partial charge on any atom is -0.379 e. The summed E-state index contributed by atoms with van der Waals surface area (Å²) in [6.45, 7) is 5.98. The Morgan fingerprint density at radius 3 is 3.00 bits per heavy atom. The maximum Gasteiger partial charge on any atom is 0.242 e. The molecular formula is C15H22N6O2S. The zero-order chi connectivity index (χ0) is 16.8. The summed E-state index contributed by atoms with van der Waals surface area (Å²) in [5.41, 5.74) is 0. The highest BCUT2D eigenvalue weighted by Crippen LogP contribution is 2.21. The van der Waals surface area contributed by atoms with E-state index < -0.39 is 0 Å². The predicted molar refractivity (Wildman–Crippen MR) is 89.4 cm³/mol. The van der Waals surface area contributed by atoms with Crippen LogP contribution in [0.15, 0.2) is 17.5 Å². The summed E-state index contributed by atoms with van der Waals surface area (Å²) >= 11 is 1.65. The Bertz CT molecular complexity index is 638. The van der Waals surface area contributed by atoms with E-state index in [1.807, 2.05) is 17.5 Å². The number of carbonyl (C=O) groups excluding carboxylic acids is 1. The van der Waals surface area contributed by atoms with Gasteiger partial charge in [-0.1, -0.05) is 13.0 Å². The molecule has 1 saturated heterocycles. The number of morpholine rings is 1. The van der Waals surface area contributed by atoms with E-state index in [4.69, 9.17) is 4.74 Å². The van der Waals surface area contributed by atoms with Crippen molar-refractivity contribution in [2.24, 2.45) is 0 Å². The first-order chi connectivity index (χ1) is 11.8. The van der Waals surface area contributed by atoms with Crippen LogP contribution in [0.2, 0.25) is 0 Å². The van der Waals surface area contributed by atoms with Crippen LogP contribution >= 0.6 is 11.3 Å². The average Bonchev–Trinajstić information content (AvgIpc) is 3.26. The highest BCUT2D eigenvalue weighted by molar-refractivity contribution is 7.10. The molecule has 130 valence electrons. The molecule has 3 rings (SSSR count). The molecule has 8 nitrogen and oxygen atoms in total. The zero-order valence-corrected chi connectivity index (χ0v) is 14.5. The van der Waals surface area contributed by atoms with E-state index in [9.17, 15) is 4.79 Å². The van der Waals surface area contributed by atoms with Gasteiger partial charge in [0.1, 0.15) is 6.54 Å². The fourth-order valence-corrected chi connectivity index (χ4v) is 3.52. The van der Waals surface area contributed by atoms with Gasteiger partial charge in [0.2, 0.25) is 5.91 Å². The third-order valence-electron chi connectivity index (χ3n) is 4.00. The Labute approximate surface area is 144 Å². The summed E-state index contributed by atoms with van der Waals surface area (Å²) in [7, 11) is 0. The van der Waals surface area contributed by atoms with Crippen molar-refractivity contribution in [2.45, 2.75) is 32.5 Å². The lowest BCUT2D eigenvalue weighted by atomic mass is 10.2. The molecule has 24 heavy (non-hydrogen) atoms. The van der Waals surface area contributed by atoms with Crippen LogP contribution < -0.4 is 5.32 Å². The minimum absolute atomic E-state index is 0.0386. The Morgan fingerprint density at radius 2 is 2.29 bits per heavy atom. The maximum absolute atomic E-state index is 12.4. The van der Waals surface area contributed by atoms with Gasteiger partial charge in [0.25, 0.3) is 0 Å². The lowest BCUT2D eigenvalue weighted by Gasteiger charge is -2.25. The number of carbonyl (C=O) groups is 1. The van der Waals surface area contributed by atoms with Crippen LogP contribution in [0, 0.1) is 0 Å². The number of tetrazole rings is 1. The van der Waals surface area contributed by atoms with Crippen LogP contribution in [0.25, 0.3) is 0 Å². The number of nitrogens with one attached hydrogen (secondary N) is 1. The molecule has 0 bridgehead atoms. The smallest absolute Gasteiger partial charge is 0.242 e. The van der Waals surface area contributed by atoms with Gasteiger partial charge in [0.15, 0.2) is 5.82 Å². The number of thiophene rings is 1. The monoisotopic (exact) mass is 350 g/mol. The quantitative estimate of drug-likeness (QED) is 0.796. The number of rotatable bonds is 7. The maximum atomic E-state index is 12.4. The lowest BCUT2D eigenvalue weighted by Crippen LogP contribution is -2.37. The largest absolute Gasteiger partial charge is 0.379 e. The van der Waals surface area contributed by atoms with Crippen LogP contribution in [-0.2, 0) is 22.6 Å². The molecule has 0 aromatic carbocycles. The fourth-order valence-electron chi connectivity index (χ4n) is 2.66. The van der Waals surface area contributed by atoms with Crippen molar-refractivity contribution in [3.63, 3.8) is 0 Å². The van der Waals surface area contributed by atoms with Crippen LogP contribution in [-0.4, -0.2) is 57.3 Å². The molecule has 0 spiro atoms. The summed E-state index contributed by atoms with van der Waals surface area (Å²) in [6, 6.07) is 4.08. The molecule has 1 fully saturated rings. The molecular weight excluding hydrogens is 328 g/mol. The number of hydrogen-bond donors (Lipinski definition) is 1. The van der Waals surface area contributed by atoms with E-state index >= 15 is 0 Å². The van der Waals surface area contributed by atoms with E-state index in [-0.39, 0.29) is 18.5 Å². The molecule has 1 aliphatic heterocycles. The van der Waals surface area contributed by atoms with Gasteiger partial charge >= 0.3 is 0 Å². The Balaban J connectivity index is 1.57. The summed E-state index contributed by atoms with van der Waals surface area (Å²) < 4.78 is 6.92. The number of ether oxygens (including phenoxy) is 1. The summed E-state index contributed by atoms with van der Waals surface area (Å²) in [5.74, 6) is 0.627. The van der Waals surface area contributed by atoms with Gasteiger partial charge in [-0.2, -0.15) is 0 Å². The normalized spacial score (nSPS) is 16.9.